The highest BCUT2D eigenvalue weighted by Crippen LogP contribution is 2.34. The van der Waals surface area contributed by atoms with Gasteiger partial charge in [0.05, 0.1) is 12.1 Å². The van der Waals surface area contributed by atoms with E-state index >= 15 is 0 Å². The van der Waals surface area contributed by atoms with Crippen LogP contribution in [-0.4, -0.2) is 35.6 Å². The van der Waals surface area contributed by atoms with E-state index in [4.69, 9.17) is 5.11 Å². The summed E-state index contributed by atoms with van der Waals surface area (Å²) in [5.74, 6) is 0.150. The van der Waals surface area contributed by atoms with Gasteiger partial charge in [0.25, 0.3) is 0 Å². The summed E-state index contributed by atoms with van der Waals surface area (Å²) in [7, 11) is 0. The molecule has 0 saturated heterocycles. The molecule has 5 nitrogen and oxygen atoms in total. The highest BCUT2D eigenvalue weighted by molar-refractivity contribution is 5.81. The molecule has 2 fully saturated rings. The smallest absolute Gasteiger partial charge is 0.223 e. The topological polar surface area (TPSA) is 78.4 Å². The monoisotopic (exact) mass is 254 g/mol. The molecular formula is C13H22N2O3. The van der Waals surface area contributed by atoms with Crippen LogP contribution in [0.2, 0.25) is 0 Å². The van der Waals surface area contributed by atoms with Crippen LogP contribution in [0.1, 0.15) is 44.9 Å². The van der Waals surface area contributed by atoms with Crippen molar-refractivity contribution in [3.8, 4) is 0 Å². The molecule has 0 bridgehead atoms. The van der Waals surface area contributed by atoms with E-state index in [1.54, 1.807) is 0 Å². The number of hydrogen-bond acceptors (Lipinski definition) is 3. The third-order valence-corrected chi connectivity index (χ3v) is 3.94. The molecule has 0 spiro atoms. The zero-order chi connectivity index (χ0) is 13.0. The first-order valence-corrected chi connectivity index (χ1v) is 6.85. The van der Waals surface area contributed by atoms with Crippen LogP contribution < -0.4 is 10.6 Å². The highest BCUT2D eigenvalue weighted by atomic mass is 16.3. The van der Waals surface area contributed by atoms with E-state index in [-0.39, 0.29) is 29.9 Å². The third kappa shape index (κ3) is 3.45. The maximum Gasteiger partial charge on any atom is 0.223 e. The Morgan fingerprint density at radius 1 is 1.22 bits per heavy atom. The summed E-state index contributed by atoms with van der Waals surface area (Å²) >= 11 is 0. The quantitative estimate of drug-likeness (QED) is 0.639. The Kier molecular flexibility index (Phi) is 4.22. The van der Waals surface area contributed by atoms with E-state index in [0.29, 0.717) is 13.0 Å². The van der Waals surface area contributed by atoms with Crippen LogP contribution in [0.15, 0.2) is 0 Å². The highest BCUT2D eigenvalue weighted by Gasteiger charge is 2.43. The summed E-state index contributed by atoms with van der Waals surface area (Å²) in [6.07, 6.45) is 6.22. The zero-order valence-corrected chi connectivity index (χ0v) is 10.7. The number of amides is 2. The third-order valence-electron chi connectivity index (χ3n) is 3.94. The lowest BCUT2D eigenvalue weighted by atomic mass is 10.1. The van der Waals surface area contributed by atoms with E-state index in [9.17, 15) is 9.59 Å². The second kappa shape index (κ2) is 5.69. The average molecular weight is 254 g/mol. The van der Waals surface area contributed by atoms with Crippen molar-refractivity contribution in [3.05, 3.63) is 0 Å². The molecule has 5 heteroatoms. The van der Waals surface area contributed by atoms with Crippen LogP contribution in [0.3, 0.4) is 0 Å². The van der Waals surface area contributed by atoms with E-state index < -0.39 is 0 Å². The molecule has 18 heavy (non-hydrogen) atoms. The van der Waals surface area contributed by atoms with Crippen molar-refractivity contribution in [2.24, 2.45) is 5.92 Å². The van der Waals surface area contributed by atoms with Gasteiger partial charge in [-0.25, -0.2) is 0 Å². The minimum atomic E-state index is -0.355. The van der Waals surface area contributed by atoms with Gasteiger partial charge >= 0.3 is 0 Å². The van der Waals surface area contributed by atoms with Crippen LogP contribution in [0.25, 0.3) is 0 Å². The molecule has 0 aromatic rings. The van der Waals surface area contributed by atoms with Gasteiger partial charge in [-0.2, -0.15) is 0 Å². The number of carbonyl (C=O) groups is 2. The fraction of sp³-hybridized carbons (Fsp3) is 0.846. The minimum absolute atomic E-state index is 0.00712. The molecule has 2 amide bonds. The Labute approximate surface area is 107 Å². The molecule has 0 aliphatic heterocycles. The first kappa shape index (κ1) is 13.3. The predicted octanol–water partition coefficient (Wildman–Crippen LogP) is 0.324. The van der Waals surface area contributed by atoms with Gasteiger partial charge in [0, 0.05) is 18.9 Å². The van der Waals surface area contributed by atoms with E-state index in [1.807, 2.05) is 0 Å². The molecule has 2 aliphatic carbocycles. The molecule has 0 atom stereocenters. The Morgan fingerprint density at radius 2 is 1.89 bits per heavy atom. The summed E-state index contributed by atoms with van der Waals surface area (Å²) < 4.78 is 0. The number of nitrogens with one attached hydrogen (secondary N) is 2. The fourth-order valence-electron chi connectivity index (χ4n) is 2.46. The zero-order valence-electron chi connectivity index (χ0n) is 10.7. The van der Waals surface area contributed by atoms with Gasteiger partial charge in [-0.15, -0.1) is 0 Å². The van der Waals surface area contributed by atoms with Gasteiger partial charge in [0.15, 0.2) is 0 Å². The first-order chi connectivity index (χ1) is 8.65. The lowest BCUT2D eigenvalue weighted by Gasteiger charge is -2.15. The number of carbonyl (C=O) groups excluding carboxylic acids is 2. The second-order valence-electron chi connectivity index (χ2n) is 5.51. The van der Waals surface area contributed by atoms with Gasteiger partial charge in [-0.05, 0) is 25.7 Å². The second-order valence-corrected chi connectivity index (χ2v) is 5.51. The van der Waals surface area contributed by atoms with Gasteiger partial charge < -0.3 is 15.7 Å². The van der Waals surface area contributed by atoms with Gasteiger partial charge in [-0.1, -0.05) is 12.8 Å². The lowest BCUT2D eigenvalue weighted by Crippen LogP contribution is -2.41. The van der Waals surface area contributed by atoms with Crippen LogP contribution in [-0.2, 0) is 9.59 Å². The van der Waals surface area contributed by atoms with Crippen molar-refractivity contribution in [2.45, 2.75) is 50.5 Å². The first-order valence-electron chi connectivity index (χ1n) is 6.85. The molecule has 0 heterocycles. The van der Waals surface area contributed by atoms with E-state index in [2.05, 4.69) is 10.6 Å². The molecule has 0 radical (unpaired) electrons. The maximum absolute atomic E-state index is 11.7. The Bertz CT molecular complexity index is 320. The molecule has 0 aromatic carbocycles. The molecule has 2 aliphatic rings. The SMILES string of the molecule is O=C(CCNC(=O)C1CCCC1)NC1(CO)CC1. The molecule has 0 unspecified atom stereocenters. The van der Waals surface area contributed by atoms with Crippen LogP contribution in [0.4, 0.5) is 0 Å². The normalized spacial score (nSPS) is 21.6. The van der Waals surface area contributed by atoms with Crippen molar-refractivity contribution >= 4 is 11.8 Å². The van der Waals surface area contributed by atoms with Crippen molar-refractivity contribution < 1.29 is 14.7 Å². The summed E-state index contributed by atoms with van der Waals surface area (Å²) in [6, 6.07) is 0. The summed E-state index contributed by atoms with van der Waals surface area (Å²) in [5.41, 5.74) is -0.355. The summed E-state index contributed by atoms with van der Waals surface area (Å²) in [6.45, 7) is 0.399. The van der Waals surface area contributed by atoms with Gasteiger partial charge in [0.2, 0.25) is 11.8 Å². The van der Waals surface area contributed by atoms with Crippen LogP contribution in [0, 0.1) is 5.92 Å². The van der Waals surface area contributed by atoms with Crippen molar-refractivity contribution in [3.63, 3.8) is 0 Å². The van der Waals surface area contributed by atoms with Crippen molar-refractivity contribution in [1.82, 2.24) is 10.6 Å². The number of aliphatic hydroxyl groups is 1. The average Bonchev–Trinajstić information content (AvgIpc) is 2.92. The molecule has 2 saturated carbocycles. The molecule has 2 rings (SSSR count). The summed E-state index contributed by atoms with van der Waals surface area (Å²) in [4.78, 5) is 23.3. The number of aliphatic hydroxyl groups excluding tert-OH is 1. The molecular weight excluding hydrogens is 232 g/mol. The number of rotatable bonds is 6. The Balaban J connectivity index is 1.60. The van der Waals surface area contributed by atoms with Crippen molar-refractivity contribution in [1.29, 1.82) is 0 Å². The van der Waals surface area contributed by atoms with E-state index in [0.717, 1.165) is 38.5 Å². The summed E-state index contributed by atoms with van der Waals surface area (Å²) in [5, 5.41) is 14.7. The predicted molar refractivity (Wildman–Crippen MR) is 66.8 cm³/mol. The van der Waals surface area contributed by atoms with E-state index in [1.165, 1.54) is 0 Å². The maximum atomic E-state index is 11.7. The Morgan fingerprint density at radius 3 is 2.44 bits per heavy atom. The molecule has 0 aromatic heterocycles. The molecule has 102 valence electrons. The fourth-order valence-corrected chi connectivity index (χ4v) is 2.46. The van der Waals surface area contributed by atoms with Crippen LogP contribution in [0.5, 0.6) is 0 Å². The minimum Gasteiger partial charge on any atom is -0.394 e. The van der Waals surface area contributed by atoms with Gasteiger partial charge in [-0.3, -0.25) is 9.59 Å². The Hall–Kier alpha value is -1.10. The van der Waals surface area contributed by atoms with Gasteiger partial charge in [0.1, 0.15) is 0 Å². The van der Waals surface area contributed by atoms with Crippen LogP contribution >= 0.6 is 0 Å². The lowest BCUT2D eigenvalue weighted by molar-refractivity contribution is -0.125. The number of hydrogen-bond donors (Lipinski definition) is 3. The largest absolute Gasteiger partial charge is 0.394 e. The molecule has 3 N–H and O–H groups in total. The van der Waals surface area contributed by atoms with Crippen molar-refractivity contribution in [2.75, 3.05) is 13.2 Å². The standard InChI is InChI=1S/C13H22N2O3/c16-9-13(6-7-13)15-11(17)5-8-14-12(18)10-3-1-2-4-10/h10,16H,1-9H2,(H,14,18)(H,15,17).